The monoisotopic (exact) mass is 206 g/mol. The van der Waals surface area contributed by atoms with Crippen LogP contribution in [0.2, 0.25) is 0 Å². The molecule has 1 aromatic heterocycles. The van der Waals surface area contributed by atoms with Crippen LogP contribution in [-0.4, -0.2) is 40.4 Å². The van der Waals surface area contributed by atoms with Crippen molar-refractivity contribution < 1.29 is 4.79 Å². The Kier molecular flexibility index (Phi) is 3.24. The third kappa shape index (κ3) is 2.73. The van der Waals surface area contributed by atoms with Gasteiger partial charge in [0.1, 0.15) is 5.82 Å². The number of nitrogens with one attached hydrogen (secondary N) is 1. The van der Waals surface area contributed by atoms with E-state index >= 15 is 0 Å². The molecule has 2 heterocycles. The van der Waals surface area contributed by atoms with Gasteiger partial charge in [-0.3, -0.25) is 4.79 Å². The third-order valence-electron chi connectivity index (χ3n) is 2.36. The predicted octanol–water partition coefficient (Wildman–Crippen LogP) is -0.202. The summed E-state index contributed by atoms with van der Waals surface area (Å²) in [6, 6.07) is 1.77. The molecule has 0 unspecified atom stereocenters. The van der Waals surface area contributed by atoms with E-state index in [-0.39, 0.29) is 5.91 Å². The van der Waals surface area contributed by atoms with E-state index in [1.807, 2.05) is 0 Å². The van der Waals surface area contributed by atoms with Crippen LogP contribution in [0.3, 0.4) is 0 Å². The second kappa shape index (κ2) is 4.84. The van der Waals surface area contributed by atoms with Crippen molar-refractivity contribution in [3.05, 3.63) is 24.3 Å². The maximum absolute atomic E-state index is 11.6. The summed E-state index contributed by atoms with van der Waals surface area (Å²) in [4.78, 5) is 21.7. The summed E-state index contributed by atoms with van der Waals surface area (Å²) >= 11 is 0. The second-order valence-corrected chi connectivity index (χ2v) is 3.51. The van der Waals surface area contributed by atoms with Crippen molar-refractivity contribution in [2.75, 3.05) is 19.6 Å². The molecule has 0 atom stereocenters. The molecule has 1 aliphatic heterocycles. The van der Waals surface area contributed by atoms with Crippen LogP contribution in [0.25, 0.3) is 0 Å². The zero-order valence-corrected chi connectivity index (χ0v) is 8.52. The minimum atomic E-state index is 0.125. The van der Waals surface area contributed by atoms with Gasteiger partial charge in [-0.15, -0.1) is 0 Å². The lowest BCUT2D eigenvalue weighted by molar-refractivity contribution is -0.130. The fourth-order valence-corrected chi connectivity index (χ4v) is 1.58. The number of nitrogens with zero attached hydrogens (tertiary/aromatic N) is 3. The van der Waals surface area contributed by atoms with E-state index in [0.717, 1.165) is 19.5 Å². The lowest BCUT2D eigenvalue weighted by Gasteiger charge is -2.18. The fraction of sp³-hybridized carbons (Fsp3) is 0.500. The molecule has 0 saturated carbocycles. The molecule has 15 heavy (non-hydrogen) atoms. The van der Waals surface area contributed by atoms with E-state index in [2.05, 4.69) is 15.3 Å². The van der Waals surface area contributed by atoms with E-state index in [1.54, 1.807) is 23.4 Å². The summed E-state index contributed by atoms with van der Waals surface area (Å²) in [6.07, 6.45) is 4.38. The third-order valence-corrected chi connectivity index (χ3v) is 2.36. The normalized spacial score (nSPS) is 17.6. The zero-order chi connectivity index (χ0) is 10.5. The van der Waals surface area contributed by atoms with Gasteiger partial charge >= 0.3 is 0 Å². The number of aromatic nitrogens is 2. The number of hydrogen-bond donors (Lipinski definition) is 1. The van der Waals surface area contributed by atoms with Crippen LogP contribution >= 0.6 is 0 Å². The van der Waals surface area contributed by atoms with Gasteiger partial charge in [0.25, 0.3) is 0 Å². The first-order valence-electron chi connectivity index (χ1n) is 5.10. The highest BCUT2D eigenvalue weighted by Gasteiger charge is 2.16. The highest BCUT2D eigenvalue weighted by molar-refractivity contribution is 5.78. The lowest BCUT2D eigenvalue weighted by Crippen LogP contribution is -2.34. The van der Waals surface area contributed by atoms with Crippen LogP contribution in [0.15, 0.2) is 18.5 Å². The molecule has 2 rings (SSSR count). The van der Waals surface area contributed by atoms with Gasteiger partial charge in [-0.05, 0) is 19.0 Å². The Morgan fingerprint density at radius 2 is 2.20 bits per heavy atom. The first-order valence-corrected chi connectivity index (χ1v) is 5.10. The average Bonchev–Trinajstić information content (AvgIpc) is 2.46. The average molecular weight is 206 g/mol. The lowest BCUT2D eigenvalue weighted by atomic mass is 10.4. The minimum absolute atomic E-state index is 0.125. The van der Waals surface area contributed by atoms with Gasteiger partial charge in [-0.25, -0.2) is 9.97 Å². The van der Waals surface area contributed by atoms with Crippen molar-refractivity contribution in [2.45, 2.75) is 13.0 Å². The quantitative estimate of drug-likeness (QED) is 0.728. The Labute approximate surface area is 88.5 Å². The molecule has 1 fully saturated rings. The molecule has 0 aliphatic carbocycles. The van der Waals surface area contributed by atoms with Crippen LogP contribution < -0.4 is 5.32 Å². The molecule has 0 aromatic carbocycles. The summed E-state index contributed by atoms with van der Waals surface area (Å²) < 4.78 is 0. The summed E-state index contributed by atoms with van der Waals surface area (Å²) in [5.74, 6) is 0.827. The Balaban J connectivity index is 2.01. The maximum atomic E-state index is 11.6. The minimum Gasteiger partial charge on any atom is -0.334 e. The van der Waals surface area contributed by atoms with Gasteiger partial charge < -0.3 is 10.2 Å². The zero-order valence-electron chi connectivity index (χ0n) is 8.52. The van der Waals surface area contributed by atoms with Crippen molar-refractivity contribution in [2.24, 2.45) is 0 Å². The van der Waals surface area contributed by atoms with Gasteiger partial charge in [0.2, 0.25) is 5.91 Å². The van der Waals surface area contributed by atoms with Crippen LogP contribution in [-0.2, 0) is 11.3 Å². The van der Waals surface area contributed by atoms with Crippen LogP contribution in [0.4, 0.5) is 0 Å². The Morgan fingerprint density at radius 1 is 1.40 bits per heavy atom. The molecule has 1 saturated heterocycles. The maximum Gasteiger partial charge on any atom is 0.236 e. The van der Waals surface area contributed by atoms with Gasteiger partial charge in [-0.2, -0.15) is 0 Å². The number of hydrogen-bond acceptors (Lipinski definition) is 4. The molecule has 0 bridgehead atoms. The highest BCUT2D eigenvalue weighted by atomic mass is 16.2. The van der Waals surface area contributed by atoms with Gasteiger partial charge in [0.15, 0.2) is 0 Å². The number of carbonyl (C=O) groups excluding carboxylic acids is 1. The van der Waals surface area contributed by atoms with Gasteiger partial charge in [-0.1, -0.05) is 0 Å². The topological polar surface area (TPSA) is 58.1 Å². The first kappa shape index (κ1) is 10.0. The molecule has 1 aromatic rings. The second-order valence-electron chi connectivity index (χ2n) is 3.51. The molecule has 80 valence electrons. The van der Waals surface area contributed by atoms with Crippen molar-refractivity contribution in [1.29, 1.82) is 0 Å². The van der Waals surface area contributed by atoms with Crippen LogP contribution in [0.5, 0.6) is 0 Å². The molecule has 1 amide bonds. The van der Waals surface area contributed by atoms with E-state index in [9.17, 15) is 4.79 Å². The SMILES string of the molecule is O=C1CNCCCN1Cc1ncccn1. The Morgan fingerprint density at radius 3 is 3.00 bits per heavy atom. The van der Waals surface area contributed by atoms with Crippen molar-refractivity contribution in [1.82, 2.24) is 20.2 Å². The number of rotatable bonds is 2. The molecule has 0 spiro atoms. The summed E-state index contributed by atoms with van der Waals surface area (Å²) in [6.45, 7) is 2.62. The first-order chi connectivity index (χ1) is 7.36. The number of carbonyl (C=O) groups is 1. The van der Waals surface area contributed by atoms with Crippen LogP contribution in [0.1, 0.15) is 12.2 Å². The van der Waals surface area contributed by atoms with E-state index in [1.165, 1.54) is 0 Å². The fourth-order valence-electron chi connectivity index (χ4n) is 1.58. The van der Waals surface area contributed by atoms with Crippen molar-refractivity contribution in [3.63, 3.8) is 0 Å². The van der Waals surface area contributed by atoms with E-state index in [0.29, 0.717) is 18.9 Å². The predicted molar refractivity (Wildman–Crippen MR) is 54.9 cm³/mol. The molecule has 1 N–H and O–H groups in total. The molecular formula is C10H14N4O. The Hall–Kier alpha value is -1.49. The van der Waals surface area contributed by atoms with E-state index < -0.39 is 0 Å². The molecule has 5 heteroatoms. The summed E-state index contributed by atoms with van der Waals surface area (Å²) in [7, 11) is 0. The summed E-state index contributed by atoms with van der Waals surface area (Å²) in [5.41, 5.74) is 0. The number of amides is 1. The molecule has 1 aliphatic rings. The van der Waals surface area contributed by atoms with E-state index in [4.69, 9.17) is 0 Å². The smallest absolute Gasteiger partial charge is 0.236 e. The molecule has 5 nitrogen and oxygen atoms in total. The van der Waals surface area contributed by atoms with Crippen molar-refractivity contribution in [3.8, 4) is 0 Å². The van der Waals surface area contributed by atoms with Crippen LogP contribution in [0, 0.1) is 0 Å². The van der Waals surface area contributed by atoms with Gasteiger partial charge in [0, 0.05) is 18.9 Å². The summed E-state index contributed by atoms with van der Waals surface area (Å²) in [5, 5.41) is 3.08. The highest BCUT2D eigenvalue weighted by Crippen LogP contribution is 2.02. The largest absolute Gasteiger partial charge is 0.334 e. The molecular weight excluding hydrogens is 192 g/mol. The van der Waals surface area contributed by atoms with Gasteiger partial charge in [0.05, 0.1) is 13.1 Å². The molecule has 0 radical (unpaired) electrons. The Bertz CT molecular complexity index is 327. The van der Waals surface area contributed by atoms with Crippen molar-refractivity contribution >= 4 is 5.91 Å². The standard InChI is InChI=1S/C10H14N4O/c15-10-7-11-3-2-6-14(10)8-9-12-4-1-5-13-9/h1,4-5,11H,2-3,6-8H2.